The van der Waals surface area contributed by atoms with Crippen molar-refractivity contribution in [2.45, 2.75) is 25.8 Å². The number of urea groups is 1. The van der Waals surface area contributed by atoms with E-state index in [1.807, 2.05) is 54.8 Å². The van der Waals surface area contributed by atoms with Crippen LogP contribution in [-0.2, 0) is 9.53 Å². The van der Waals surface area contributed by atoms with Crippen molar-refractivity contribution in [1.82, 2.24) is 20.1 Å². The number of ether oxygens (including phenoxy) is 1. The lowest BCUT2D eigenvalue weighted by atomic mass is 10.0. The van der Waals surface area contributed by atoms with Gasteiger partial charge in [-0.25, -0.2) is 9.80 Å². The summed E-state index contributed by atoms with van der Waals surface area (Å²) in [5.41, 5.74) is 1.95. The number of benzene rings is 1. The molecular formula is C25H33N5O3S. The van der Waals surface area contributed by atoms with Crippen LogP contribution in [0, 0.1) is 0 Å². The van der Waals surface area contributed by atoms with Gasteiger partial charge in [0.05, 0.1) is 29.8 Å². The van der Waals surface area contributed by atoms with Gasteiger partial charge in [0.15, 0.2) is 0 Å². The van der Waals surface area contributed by atoms with Crippen molar-refractivity contribution in [3.05, 3.63) is 58.3 Å². The first-order valence-electron chi connectivity index (χ1n) is 12.0. The molecule has 1 fully saturated rings. The second kappa shape index (κ2) is 12.1. The molecule has 1 aromatic heterocycles. The van der Waals surface area contributed by atoms with E-state index in [0.29, 0.717) is 39.3 Å². The van der Waals surface area contributed by atoms with E-state index in [4.69, 9.17) is 9.84 Å². The number of nitrogens with zero attached hydrogens (tertiary/aromatic N) is 4. The van der Waals surface area contributed by atoms with Gasteiger partial charge >= 0.3 is 6.03 Å². The maximum absolute atomic E-state index is 13.6. The molecular weight excluding hydrogens is 450 g/mol. The average molecular weight is 484 g/mol. The van der Waals surface area contributed by atoms with E-state index < -0.39 is 0 Å². The average Bonchev–Trinajstić information content (AvgIpc) is 3.56. The minimum atomic E-state index is -0.207. The van der Waals surface area contributed by atoms with E-state index >= 15 is 0 Å². The fraction of sp³-hybridized carbons (Fsp3) is 0.480. The molecule has 0 aliphatic carbocycles. The van der Waals surface area contributed by atoms with Crippen LogP contribution >= 0.6 is 11.3 Å². The van der Waals surface area contributed by atoms with Crippen LogP contribution in [0.5, 0.6) is 0 Å². The van der Waals surface area contributed by atoms with Gasteiger partial charge < -0.3 is 15.0 Å². The van der Waals surface area contributed by atoms with Crippen LogP contribution in [0.2, 0.25) is 0 Å². The first-order valence-corrected chi connectivity index (χ1v) is 12.8. The highest BCUT2D eigenvalue weighted by atomic mass is 32.1. The van der Waals surface area contributed by atoms with Crippen LogP contribution in [0.1, 0.15) is 36.2 Å². The first-order chi connectivity index (χ1) is 16.7. The molecule has 1 saturated heterocycles. The molecule has 1 N–H and O–H groups in total. The van der Waals surface area contributed by atoms with Gasteiger partial charge in [0.1, 0.15) is 6.54 Å². The molecule has 3 heterocycles. The second-order valence-electron chi connectivity index (χ2n) is 8.50. The second-order valence-corrected chi connectivity index (χ2v) is 9.45. The zero-order chi connectivity index (χ0) is 23.8. The third kappa shape index (κ3) is 6.22. The molecule has 1 aromatic carbocycles. The van der Waals surface area contributed by atoms with Crippen molar-refractivity contribution in [1.29, 1.82) is 0 Å². The number of hydrazone groups is 1. The molecule has 2 aliphatic rings. The Balaban J connectivity index is 1.50. The van der Waals surface area contributed by atoms with E-state index in [2.05, 4.69) is 10.2 Å². The maximum atomic E-state index is 13.6. The van der Waals surface area contributed by atoms with E-state index in [-0.39, 0.29) is 24.5 Å². The minimum absolute atomic E-state index is 0.00948. The number of carbonyl (C=O) groups is 2. The molecule has 4 rings (SSSR count). The summed E-state index contributed by atoms with van der Waals surface area (Å²) in [7, 11) is 0. The topological polar surface area (TPSA) is 77.5 Å². The molecule has 8 nitrogen and oxygen atoms in total. The van der Waals surface area contributed by atoms with Crippen LogP contribution in [-0.4, -0.2) is 84.9 Å². The molecule has 0 saturated carbocycles. The number of nitrogens with one attached hydrogen (secondary N) is 1. The van der Waals surface area contributed by atoms with Gasteiger partial charge in [0.25, 0.3) is 5.91 Å². The van der Waals surface area contributed by atoms with Crippen molar-refractivity contribution in [2.75, 3.05) is 52.5 Å². The van der Waals surface area contributed by atoms with Gasteiger partial charge in [0.2, 0.25) is 0 Å². The predicted molar refractivity (Wildman–Crippen MR) is 134 cm³/mol. The van der Waals surface area contributed by atoms with Crippen LogP contribution in [0.15, 0.2) is 52.9 Å². The molecule has 0 bridgehead atoms. The lowest BCUT2D eigenvalue weighted by Crippen LogP contribution is -2.49. The number of rotatable bonds is 9. The Morgan fingerprint density at radius 1 is 1.18 bits per heavy atom. The summed E-state index contributed by atoms with van der Waals surface area (Å²) < 4.78 is 5.42. The van der Waals surface area contributed by atoms with Crippen molar-refractivity contribution in [3.8, 4) is 0 Å². The summed E-state index contributed by atoms with van der Waals surface area (Å²) in [5.74, 6) is -0.172. The van der Waals surface area contributed by atoms with E-state index in [9.17, 15) is 9.59 Å². The van der Waals surface area contributed by atoms with Gasteiger partial charge in [0, 0.05) is 39.1 Å². The van der Waals surface area contributed by atoms with Crippen molar-refractivity contribution >= 4 is 29.0 Å². The van der Waals surface area contributed by atoms with E-state index in [1.54, 1.807) is 21.2 Å². The number of thiophene rings is 1. The predicted octanol–water partition coefficient (Wildman–Crippen LogP) is 3.18. The van der Waals surface area contributed by atoms with E-state index in [0.717, 1.165) is 35.7 Å². The normalized spacial score (nSPS) is 18.6. The van der Waals surface area contributed by atoms with Crippen LogP contribution in [0.25, 0.3) is 0 Å². The SMILES string of the molecule is CCCNC(=O)N(CCN1CCOCC1)CC(=O)N1N=C(c2cccs2)CC1c1ccccc1. The Labute approximate surface area is 205 Å². The van der Waals surface area contributed by atoms with Gasteiger partial charge in [-0.05, 0) is 23.4 Å². The Morgan fingerprint density at radius 3 is 2.68 bits per heavy atom. The third-order valence-corrected chi connectivity index (χ3v) is 7.00. The lowest BCUT2D eigenvalue weighted by molar-refractivity contribution is -0.133. The van der Waals surface area contributed by atoms with Crippen molar-refractivity contribution in [2.24, 2.45) is 5.10 Å². The maximum Gasteiger partial charge on any atom is 0.317 e. The number of amides is 3. The van der Waals surface area contributed by atoms with Crippen molar-refractivity contribution < 1.29 is 14.3 Å². The summed E-state index contributed by atoms with van der Waals surface area (Å²) in [4.78, 5) is 31.4. The van der Waals surface area contributed by atoms with Crippen molar-refractivity contribution in [3.63, 3.8) is 0 Å². The van der Waals surface area contributed by atoms with Crippen LogP contribution in [0.4, 0.5) is 4.79 Å². The number of morpholine rings is 1. The van der Waals surface area contributed by atoms with Crippen LogP contribution in [0.3, 0.4) is 0 Å². The molecule has 182 valence electrons. The fourth-order valence-corrected chi connectivity index (χ4v) is 4.91. The fourth-order valence-electron chi connectivity index (χ4n) is 4.19. The monoisotopic (exact) mass is 483 g/mol. The van der Waals surface area contributed by atoms with Crippen LogP contribution < -0.4 is 5.32 Å². The Bertz CT molecular complexity index is 960. The summed E-state index contributed by atoms with van der Waals surface area (Å²) in [5, 5.41) is 11.3. The molecule has 9 heteroatoms. The van der Waals surface area contributed by atoms with E-state index in [1.165, 1.54) is 0 Å². The number of carbonyl (C=O) groups excluding carboxylic acids is 2. The Kier molecular flexibility index (Phi) is 8.67. The van der Waals surface area contributed by atoms with Gasteiger partial charge in [-0.3, -0.25) is 9.69 Å². The Hall–Kier alpha value is -2.75. The molecule has 0 radical (unpaired) electrons. The Morgan fingerprint density at radius 2 is 1.97 bits per heavy atom. The molecule has 2 aromatic rings. The zero-order valence-electron chi connectivity index (χ0n) is 19.7. The number of hydrogen-bond donors (Lipinski definition) is 1. The summed E-state index contributed by atoms with van der Waals surface area (Å²) in [6.07, 6.45) is 1.50. The summed E-state index contributed by atoms with van der Waals surface area (Å²) in [6.45, 7) is 6.86. The third-order valence-electron chi connectivity index (χ3n) is 6.09. The molecule has 0 spiro atoms. The quantitative estimate of drug-likeness (QED) is 0.594. The molecule has 1 atom stereocenters. The van der Waals surface area contributed by atoms with Gasteiger partial charge in [-0.2, -0.15) is 5.10 Å². The largest absolute Gasteiger partial charge is 0.379 e. The molecule has 1 unspecified atom stereocenters. The smallest absolute Gasteiger partial charge is 0.317 e. The lowest BCUT2D eigenvalue weighted by Gasteiger charge is -2.31. The standard InChI is InChI=1S/C25H33N5O3S/c1-2-10-26-25(32)29(12-11-28-13-15-33-16-14-28)19-24(31)30-22(20-7-4-3-5-8-20)18-21(27-30)23-9-6-17-34-23/h3-9,17,22H,2,10-16,18-19H2,1H3,(H,26,32). The first kappa shape index (κ1) is 24.4. The highest BCUT2D eigenvalue weighted by molar-refractivity contribution is 7.12. The van der Waals surface area contributed by atoms with Gasteiger partial charge in [-0.15, -0.1) is 11.3 Å². The summed E-state index contributed by atoms with van der Waals surface area (Å²) in [6, 6.07) is 13.6. The summed E-state index contributed by atoms with van der Waals surface area (Å²) >= 11 is 1.62. The van der Waals surface area contributed by atoms with Gasteiger partial charge in [-0.1, -0.05) is 43.3 Å². The zero-order valence-corrected chi connectivity index (χ0v) is 20.5. The molecule has 2 aliphatic heterocycles. The molecule has 34 heavy (non-hydrogen) atoms. The highest BCUT2D eigenvalue weighted by Crippen LogP contribution is 2.33. The highest BCUT2D eigenvalue weighted by Gasteiger charge is 2.34. The molecule has 3 amide bonds. The minimum Gasteiger partial charge on any atom is -0.379 e. The number of hydrogen-bond acceptors (Lipinski definition) is 6.